The lowest BCUT2D eigenvalue weighted by molar-refractivity contribution is -0.365. The van der Waals surface area contributed by atoms with Gasteiger partial charge in [0.2, 0.25) is 0 Å². The molecule has 1 aliphatic heterocycles. The van der Waals surface area contributed by atoms with Crippen molar-refractivity contribution < 1.29 is 31.1 Å². The van der Waals surface area contributed by atoms with E-state index in [9.17, 15) is 26.3 Å². The Morgan fingerprint density at radius 3 is 1.67 bits per heavy atom. The summed E-state index contributed by atoms with van der Waals surface area (Å²) in [4.78, 5) is 0. The molecule has 0 unspecified atom stereocenters. The summed E-state index contributed by atoms with van der Waals surface area (Å²) in [6.07, 6.45) is -10.3. The van der Waals surface area contributed by atoms with Gasteiger partial charge in [0.15, 0.2) is 0 Å². The Hall–Kier alpha value is -0.720. The second-order valence-electron chi connectivity index (χ2n) is 2.14. The van der Waals surface area contributed by atoms with Gasteiger partial charge in [-0.2, -0.15) is 26.3 Å². The zero-order valence-corrected chi connectivity index (χ0v) is 5.33. The predicted molar refractivity (Wildman–Crippen MR) is 25.1 cm³/mol. The fraction of sp³-hybridized carbons (Fsp3) is 0.600. The van der Waals surface area contributed by atoms with Gasteiger partial charge >= 0.3 is 18.1 Å². The molecule has 12 heavy (non-hydrogen) atoms. The van der Waals surface area contributed by atoms with Gasteiger partial charge in [-0.25, -0.2) is 0 Å². The van der Waals surface area contributed by atoms with Gasteiger partial charge in [-0.3, -0.25) is 4.74 Å². The average Bonchev–Trinajstić information content (AvgIpc) is 2.05. The standard InChI is InChI=1S/C5H2F6O/c6-3(5(9,10)11)1-2-4(7,8)12-3/h1-2H/t3-/m1/s1. The van der Waals surface area contributed by atoms with Gasteiger partial charge in [0.05, 0.1) is 0 Å². The van der Waals surface area contributed by atoms with Crippen molar-refractivity contribution in [3.63, 3.8) is 0 Å². The van der Waals surface area contributed by atoms with Crippen molar-refractivity contribution in [2.24, 2.45) is 0 Å². The quantitative estimate of drug-likeness (QED) is 0.423. The predicted octanol–water partition coefficient (Wildman–Crippen LogP) is 2.39. The topological polar surface area (TPSA) is 9.23 Å². The molecule has 0 aliphatic carbocycles. The maximum Gasteiger partial charge on any atom is 0.452 e. The maximum atomic E-state index is 12.4. The van der Waals surface area contributed by atoms with E-state index in [1.165, 1.54) is 0 Å². The highest BCUT2D eigenvalue weighted by atomic mass is 19.4. The Labute approximate surface area is 62.6 Å². The third kappa shape index (κ3) is 1.40. The largest absolute Gasteiger partial charge is 0.452 e. The number of hydrogen-bond donors (Lipinski definition) is 0. The molecule has 0 aromatic rings. The Morgan fingerprint density at radius 2 is 1.50 bits per heavy atom. The number of halogens is 6. The first-order valence-electron chi connectivity index (χ1n) is 2.70. The summed E-state index contributed by atoms with van der Waals surface area (Å²) < 4.78 is 73.9. The van der Waals surface area contributed by atoms with Gasteiger partial charge in [0.1, 0.15) is 0 Å². The van der Waals surface area contributed by atoms with Gasteiger partial charge in [0, 0.05) is 6.08 Å². The first-order chi connectivity index (χ1) is 5.16. The van der Waals surface area contributed by atoms with Crippen LogP contribution in [0.5, 0.6) is 0 Å². The molecule has 0 fully saturated rings. The summed E-state index contributed by atoms with van der Waals surface area (Å²) in [6, 6.07) is 0. The number of rotatable bonds is 0. The summed E-state index contributed by atoms with van der Waals surface area (Å²) in [7, 11) is 0. The van der Waals surface area contributed by atoms with Crippen LogP contribution in [-0.2, 0) is 4.74 Å². The summed E-state index contributed by atoms with van der Waals surface area (Å²) in [5, 5.41) is 0. The van der Waals surface area contributed by atoms with Crippen LogP contribution in [0.3, 0.4) is 0 Å². The molecular formula is C5H2F6O. The fourth-order valence-electron chi connectivity index (χ4n) is 0.623. The normalized spacial score (nSPS) is 34.2. The van der Waals surface area contributed by atoms with Gasteiger partial charge in [-0.1, -0.05) is 0 Å². The Balaban J connectivity index is 2.88. The Bertz CT molecular complexity index is 218. The molecule has 1 rings (SSSR count). The number of ether oxygens (including phenoxy) is 1. The summed E-state index contributed by atoms with van der Waals surface area (Å²) >= 11 is 0. The van der Waals surface area contributed by atoms with Gasteiger partial charge in [-0.15, -0.1) is 0 Å². The molecule has 0 aromatic carbocycles. The van der Waals surface area contributed by atoms with Crippen LogP contribution >= 0.6 is 0 Å². The van der Waals surface area contributed by atoms with Crippen molar-refractivity contribution in [2.45, 2.75) is 18.1 Å². The first-order valence-corrected chi connectivity index (χ1v) is 2.70. The summed E-state index contributed by atoms with van der Waals surface area (Å²) in [5.74, 6) is -4.36. The van der Waals surface area contributed by atoms with E-state index in [1.807, 2.05) is 0 Å². The van der Waals surface area contributed by atoms with E-state index in [4.69, 9.17) is 0 Å². The zero-order valence-electron chi connectivity index (χ0n) is 5.33. The highest BCUT2D eigenvalue weighted by Crippen LogP contribution is 2.44. The van der Waals surface area contributed by atoms with Crippen molar-refractivity contribution in [1.29, 1.82) is 0 Å². The van der Waals surface area contributed by atoms with Crippen molar-refractivity contribution in [3.8, 4) is 0 Å². The van der Waals surface area contributed by atoms with Gasteiger partial charge < -0.3 is 0 Å². The molecule has 1 atom stereocenters. The third-order valence-corrected chi connectivity index (χ3v) is 1.16. The minimum atomic E-state index is -5.48. The molecule has 0 spiro atoms. The van der Waals surface area contributed by atoms with E-state index in [0.29, 0.717) is 0 Å². The lowest BCUT2D eigenvalue weighted by Gasteiger charge is -2.22. The van der Waals surface area contributed by atoms with Crippen LogP contribution in [0.25, 0.3) is 0 Å². The van der Waals surface area contributed by atoms with Crippen molar-refractivity contribution in [3.05, 3.63) is 12.2 Å². The number of alkyl halides is 6. The molecule has 0 saturated carbocycles. The smallest absolute Gasteiger partial charge is 0.268 e. The van der Waals surface area contributed by atoms with E-state index in [0.717, 1.165) is 0 Å². The van der Waals surface area contributed by atoms with E-state index < -0.39 is 18.1 Å². The molecule has 70 valence electrons. The second-order valence-corrected chi connectivity index (χ2v) is 2.14. The molecule has 0 radical (unpaired) electrons. The van der Waals surface area contributed by atoms with Crippen LogP contribution in [-0.4, -0.2) is 18.1 Å². The molecule has 0 N–H and O–H groups in total. The molecule has 7 heteroatoms. The molecule has 0 saturated heterocycles. The van der Waals surface area contributed by atoms with Crippen LogP contribution < -0.4 is 0 Å². The van der Waals surface area contributed by atoms with Gasteiger partial charge in [-0.05, 0) is 6.08 Å². The number of hydrogen-bond acceptors (Lipinski definition) is 1. The van der Waals surface area contributed by atoms with E-state index in [2.05, 4.69) is 4.74 Å². The van der Waals surface area contributed by atoms with Crippen molar-refractivity contribution >= 4 is 0 Å². The highest BCUT2D eigenvalue weighted by molar-refractivity contribution is 5.10. The molecule has 0 aromatic heterocycles. The molecule has 0 amide bonds. The van der Waals surface area contributed by atoms with Crippen LogP contribution in [0.15, 0.2) is 12.2 Å². The van der Waals surface area contributed by atoms with E-state index in [1.54, 1.807) is 0 Å². The van der Waals surface area contributed by atoms with E-state index in [-0.39, 0.29) is 12.2 Å². The second kappa shape index (κ2) is 2.15. The molecule has 1 heterocycles. The van der Waals surface area contributed by atoms with Crippen LogP contribution in [0.4, 0.5) is 26.3 Å². The monoisotopic (exact) mass is 192 g/mol. The molecule has 1 aliphatic rings. The van der Waals surface area contributed by atoms with Crippen molar-refractivity contribution in [2.75, 3.05) is 0 Å². The lowest BCUT2D eigenvalue weighted by Crippen LogP contribution is -2.42. The summed E-state index contributed by atoms with van der Waals surface area (Å²) in [5.41, 5.74) is 0. The zero-order chi connectivity index (χ0) is 9.62. The molecular weight excluding hydrogens is 190 g/mol. The SMILES string of the molecule is FC1(F)C=C[C@](F)(C(F)(F)F)O1. The molecule has 1 nitrogen and oxygen atoms in total. The summed E-state index contributed by atoms with van der Waals surface area (Å²) in [6.45, 7) is 0. The van der Waals surface area contributed by atoms with Crippen LogP contribution in [0, 0.1) is 0 Å². The minimum Gasteiger partial charge on any atom is -0.268 e. The van der Waals surface area contributed by atoms with Gasteiger partial charge in [0.25, 0.3) is 0 Å². The minimum absolute atomic E-state index is 0.277. The third-order valence-electron chi connectivity index (χ3n) is 1.16. The Kier molecular flexibility index (Phi) is 1.68. The average molecular weight is 192 g/mol. The van der Waals surface area contributed by atoms with E-state index >= 15 is 0 Å². The highest BCUT2D eigenvalue weighted by Gasteiger charge is 2.63. The maximum absolute atomic E-state index is 12.4. The van der Waals surface area contributed by atoms with Crippen LogP contribution in [0.2, 0.25) is 0 Å². The molecule has 0 bridgehead atoms. The van der Waals surface area contributed by atoms with Crippen LogP contribution in [0.1, 0.15) is 0 Å². The first kappa shape index (κ1) is 9.37. The van der Waals surface area contributed by atoms with Crippen molar-refractivity contribution in [1.82, 2.24) is 0 Å². The fourth-order valence-corrected chi connectivity index (χ4v) is 0.623. The Morgan fingerprint density at radius 1 is 1.00 bits per heavy atom. The lowest BCUT2D eigenvalue weighted by atomic mass is 10.3.